The second-order valence-electron chi connectivity index (χ2n) is 2.54. The first-order valence-corrected chi connectivity index (χ1v) is 4.05. The zero-order valence-corrected chi connectivity index (χ0v) is 13.0. The fourth-order valence-corrected chi connectivity index (χ4v) is 0.909. The maximum absolute atomic E-state index is 5.37. The minimum absolute atomic E-state index is 0. The largest absolute Gasteiger partial charge is 2.00 e. The van der Waals surface area contributed by atoms with E-state index >= 15 is 0 Å². The van der Waals surface area contributed by atoms with Crippen LogP contribution in [0.4, 0.5) is 0 Å². The Morgan fingerprint density at radius 1 is 1.07 bits per heavy atom. The van der Waals surface area contributed by atoms with Crippen LogP contribution >= 0.6 is 0 Å². The first-order valence-electron chi connectivity index (χ1n) is 4.05. The zero-order valence-electron chi connectivity index (χ0n) is 8.38. The van der Waals surface area contributed by atoms with Crippen molar-refractivity contribution in [3.05, 3.63) is 35.9 Å². The molecule has 0 unspecified atom stereocenters. The van der Waals surface area contributed by atoms with Crippen LogP contribution < -0.4 is 34.0 Å². The fraction of sp³-hybridized carbons (Fsp3) is 0.400. The van der Waals surface area contributed by atoms with E-state index in [4.69, 9.17) is 4.74 Å². The molecule has 0 aliphatic heterocycles. The normalized spacial score (nSPS) is 7.79. The summed E-state index contributed by atoms with van der Waals surface area (Å²) in [5, 5.41) is 0. The third kappa shape index (κ3) is 9.46. The Bertz CT molecular complexity index is 195. The SMILES string of the molecule is CCCOCc1ccccc1.[Br-].[Br-].[Mg+2]. The van der Waals surface area contributed by atoms with Crippen LogP contribution in [0.1, 0.15) is 18.9 Å². The van der Waals surface area contributed by atoms with E-state index in [2.05, 4.69) is 19.1 Å². The Labute approximate surface area is 123 Å². The van der Waals surface area contributed by atoms with E-state index in [1.54, 1.807) is 0 Å². The van der Waals surface area contributed by atoms with Crippen molar-refractivity contribution in [1.29, 1.82) is 0 Å². The molecule has 0 heterocycles. The summed E-state index contributed by atoms with van der Waals surface area (Å²) >= 11 is 0. The van der Waals surface area contributed by atoms with Gasteiger partial charge in [0.1, 0.15) is 0 Å². The second kappa shape index (κ2) is 13.9. The number of rotatable bonds is 4. The van der Waals surface area contributed by atoms with Gasteiger partial charge in [-0.25, -0.2) is 0 Å². The summed E-state index contributed by atoms with van der Waals surface area (Å²) in [6.07, 6.45) is 1.09. The van der Waals surface area contributed by atoms with Gasteiger partial charge in [-0.3, -0.25) is 0 Å². The molecular weight excluding hydrogens is 320 g/mol. The van der Waals surface area contributed by atoms with Crippen molar-refractivity contribution in [2.24, 2.45) is 0 Å². The molecular formula is C10H14Br2MgO. The van der Waals surface area contributed by atoms with Crippen molar-refractivity contribution in [3.63, 3.8) is 0 Å². The van der Waals surface area contributed by atoms with Crippen molar-refractivity contribution in [2.75, 3.05) is 6.61 Å². The van der Waals surface area contributed by atoms with E-state index in [1.165, 1.54) is 5.56 Å². The predicted octanol–water partition coefficient (Wildman–Crippen LogP) is -3.76. The summed E-state index contributed by atoms with van der Waals surface area (Å²) in [6.45, 7) is 3.72. The van der Waals surface area contributed by atoms with Crippen LogP contribution in [0.15, 0.2) is 30.3 Å². The maximum atomic E-state index is 5.37. The van der Waals surface area contributed by atoms with Gasteiger partial charge in [0.2, 0.25) is 0 Å². The molecule has 1 rings (SSSR count). The number of ether oxygens (including phenoxy) is 1. The molecule has 1 nitrogen and oxygen atoms in total. The van der Waals surface area contributed by atoms with Gasteiger partial charge in [0.05, 0.1) is 6.61 Å². The molecule has 0 aliphatic carbocycles. The third-order valence-corrected chi connectivity index (χ3v) is 1.46. The molecule has 0 amide bonds. The van der Waals surface area contributed by atoms with Crippen LogP contribution in [0.3, 0.4) is 0 Å². The Kier molecular flexibility index (Phi) is 20.2. The average molecular weight is 334 g/mol. The fourth-order valence-electron chi connectivity index (χ4n) is 0.909. The molecule has 0 aliphatic rings. The molecule has 0 atom stereocenters. The van der Waals surface area contributed by atoms with E-state index in [0.29, 0.717) is 0 Å². The van der Waals surface area contributed by atoms with Crippen molar-refractivity contribution in [3.8, 4) is 0 Å². The standard InChI is InChI=1S/C10H14O.2BrH.Mg/c1-2-8-11-9-10-6-4-3-5-7-10;;;/h3-7H,2,8-9H2,1H3;2*1H;/q;;;+2/p-2. The van der Waals surface area contributed by atoms with Crippen LogP contribution in [0.25, 0.3) is 0 Å². The van der Waals surface area contributed by atoms with E-state index in [9.17, 15) is 0 Å². The molecule has 4 heteroatoms. The van der Waals surface area contributed by atoms with E-state index in [0.717, 1.165) is 19.6 Å². The van der Waals surface area contributed by atoms with Gasteiger partial charge in [-0.15, -0.1) is 0 Å². The van der Waals surface area contributed by atoms with Gasteiger partial charge < -0.3 is 38.7 Å². The molecule has 0 saturated carbocycles. The second-order valence-corrected chi connectivity index (χ2v) is 2.54. The Morgan fingerprint density at radius 2 is 1.64 bits per heavy atom. The first kappa shape index (κ1) is 20.3. The monoisotopic (exact) mass is 332 g/mol. The molecule has 0 N–H and O–H groups in total. The Balaban J connectivity index is -0.000000403. The van der Waals surface area contributed by atoms with Gasteiger partial charge in [-0.05, 0) is 12.0 Å². The van der Waals surface area contributed by atoms with Crippen LogP contribution in [-0.4, -0.2) is 29.7 Å². The first-order chi connectivity index (χ1) is 5.43. The summed E-state index contributed by atoms with van der Waals surface area (Å²) < 4.78 is 5.37. The molecule has 0 fully saturated rings. The van der Waals surface area contributed by atoms with Crippen LogP contribution in [0.5, 0.6) is 0 Å². The Hall–Kier alpha value is 0.906. The molecule has 0 bridgehead atoms. The number of hydrogen-bond acceptors (Lipinski definition) is 1. The summed E-state index contributed by atoms with van der Waals surface area (Å²) in [5.41, 5.74) is 1.25. The van der Waals surface area contributed by atoms with Gasteiger partial charge in [0.15, 0.2) is 0 Å². The zero-order chi connectivity index (χ0) is 7.94. The van der Waals surface area contributed by atoms with E-state index in [1.807, 2.05) is 18.2 Å². The summed E-state index contributed by atoms with van der Waals surface area (Å²) in [6, 6.07) is 10.2. The molecule has 1 aromatic carbocycles. The maximum Gasteiger partial charge on any atom is 2.00 e. The topological polar surface area (TPSA) is 9.23 Å². The van der Waals surface area contributed by atoms with Crippen LogP contribution in [-0.2, 0) is 11.3 Å². The van der Waals surface area contributed by atoms with Crippen LogP contribution in [0.2, 0.25) is 0 Å². The Morgan fingerprint density at radius 3 is 2.14 bits per heavy atom. The van der Waals surface area contributed by atoms with Crippen molar-refractivity contribution in [1.82, 2.24) is 0 Å². The molecule has 76 valence electrons. The molecule has 1 aromatic rings. The van der Waals surface area contributed by atoms with Gasteiger partial charge in [-0.1, -0.05) is 37.3 Å². The molecule has 14 heavy (non-hydrogen) atoms. The molecule has 0 aromatic heterocycles. The van der Waals surface area contributed by atoms with Gasteiger partial charge in [0.25, 0.3) is 0 Å². The molecule has 0 saturated heterocycles. The third-order valence-electron chi connectivity index (χ3n) is 1.46. The molecule has 0 radical (unpaired) electrons. The number of halogens is 2. The quantitative estimate of drug-likeness (QED) is 0.406. The minimum atomic E-state index is 0. The average Bonchev–Trinajstić information content (AvgIpc) is 2.07. The van der Waals surface area contributed by atoms with Crippen molar-refractivity contribution < 1.29 is 38.7 Å². The minimum Gasteiger partial charge on any atom is -1.00 e. The van der Waals surface area contributed by atoms with Crippen LogP contribution in [0, 0.1) is 0 Å². The predicted molar refractivity (Wildman–Crippen MR) is 52.1 cm³/mol. The van der Waals surface area contributed by atoms with Gasteiger partial charge >= 0.3 is 23.1 Å². The summed E-state index contributed by atoms with van der Waals surface area (Å²) in [4.78, 5) is 0. The number of hydrogen-bond donors (Lipinski definition) is 0. The number of benzene rings is 1. The van der Waals surface area contributed by atoms with Gasteiger partial charge in [-0.2, -0.15) is 0 Å². The van der Waals surface area contributed by atoms with Crippen molar-refractivity contribution >= 4 is 23.1 Å². The smallest absolute Gasteiger partial charge is 1.00 e. The van der Waals surface area contributed by atoms with Gasteiger partial charge in [0, 0.05) is 6.61 Å². The summed E-state index contributed by atoms with van der Waals surface area (Å²) in [7, 11) is 0. The van der Waals surface area contributed by atoms with E-state index < -0.39 is 0 Å². The van der Waals surface area contributed by atoms with E-state index in [-0.39, 0.29) is 57.0 Å². The summed E-state index contributed by atoms with van der Waals surface area (Å²) in [5.74, 6) is 0. The van der Waals surface area contributed by atoms with Crippen molar-refractivity contribution in [2.45, 2.75) is 20.0 Å². The molecule has 0 spiro atoms.